The van der Waals surface area contributed by atoms with Gasteiger partial charge in [0.1, 0.15) is 25.1 Å². The number of hydrogen-bond acceptors (Lipinski definition) is 4. The molecule has 154 valence electrons. The lowest BCUT2D eigenvalue weighted by Gasteiger charge is -2.22. The van der Waals surface area contributed by atoms with Crippen LogP contribution in [-0.2, 0) is 11.2 Å². The van der Waals surface area contributed by atoms with Crippen molar-refractivity contribution in [1.29, 1.82) is 0 Å². The number of rotatable bonds is 7. The fourth-order valence-corrected chi connectivity index (χ4v) is 3.04. The second kappa shape index (κ2) is 9.41. The van der Waals surface area contributed by atoms with Crippen LogP contribution in [0.25, 0.3) is 0 Å². The summed E-state index contributed by atoms with van der Waals surface area (Å²) >= 11 is 0. The molecule has 0 saturated heterocycles. The highest BCUT2D eigenvalue weighted by molar-refractivity contribution is 5.97. The number of hydrogen-bond donors (Lipinski definition) is 2. The summed E-state index contributed by atoms with van der Waals surface area (Å²) in [6, 6.07) is 10.2. The minimum absolute atomic E-state index is 0.103. The first kappa shape index (κ1) is 20.6. The summed E-state index contributed by atoms with van der Waals surface area (Å²) < 4.78 is 24.1. The Bertz CT molecular complexity index is 868. The van der Waals surface area contributed by atoms with Crippen LogP contribution in [0.3, 0.4) is 0 Å². The number of carbonyl (C=O) groups excluding carboxylic acids is 2. The van der Waals surface area contributed by atoms with Gasteiger partial charge in [-0.1, -0.05) is 19.9 Å². The summed E-state index contributed by atoms with van der Waals surface area (Å²) in [5, 5.41) is 5.60. The first-order chi connectivity index (χ1) is 13.9. The summed E-state index contributed by atoms with van der Waals surface area (Å²) in [5.74, 6) is 0.255. The van der Waals surface area contributed by atoms with E-state index in [0.717, 1.165) is 11.3 Å². The van der Waals surface area contributed by atoms with Gasteiger partial charge in [0.15, 0.2) is 11.5 Å². The van der Waals surface area contributed by atoms with Crippen molar-refractivity contribution >= 4 is 11.8 Å². The van der Waals surface area contributed by atoms with E-state index in [2.05, 4.69) is 10.6 Å². The monoisotopic (exact) mass is 400 g/mol. The highest BCUT2D eigenvalue weighted by atomic mass is 19.1. The molecule has 29 heavy (non-hydrogen) atoms. The van der Waals surface area contributed by atoms with Gasteiger partial charge in [-0.15, -0.1) is 0 Å². The van der Waals surface area contributed by atoms with E-state index in [-0.39, 0.29) is 11.8 Å². The minimum Gasteiger partial charge on any atom is -0.486 e. The minimum atomic E-state index is -0.687. The summed E-state index contributed by atoms with van der Waals surface area (Å²) in [6.45, 7) is 5.21. The molecule has 1 atom stereocenters. The van der Waals surface area contributed by atoms with Crippen molar-refractivity contribution in [1.82, 2.24) is 10.6 Å². The molecule has 1 aliphatic heterocycles. The molecule has 1 aliphatic rings. The van der Waals surface area contributed by atoms with Gasteiger partial charge in [-0.05, 0) is 54.3 Å². The molecule has 1 heterocycles. The molecular weight excluding hydrogens is 375 g/mol. The Morgan fingerprint density at radius 2 is 1.72 bits per heavy atom. The Hall–Kier alpha value is -3.09. The number of amides is 2. The topological polar surface area (TPSA) is 76.7 Å². The summed E-state index contributed by atoms with van der Waals surface area (Å²) in [6.07, 6.45) is 0.624. The second-order valence-corrected chi connectivity index (χ2v) is 7.22. The van der Waals surface area contributed by atoms with Crippen molar-refractivity contribution in [2.45, 2.75) is 26.3 Å². The molecule has 2 aromatic carbocycles. The Labute approximate surface area is 169 Å². The molecule has 0 aliphatic carbocycles. The highest BCUT2D eigenvalue weighted by Gasteiger charge is 2.24. The van der Waals surface area contributed by atoms with Crippen LogP contribution in [0.2, 0.25) is 0 Å². The number of fused-ring (bicyclic) bond motifs is 1. The third kappa shape index (κ3) is 5.47. The van der Waals surface area contributed by atoms with Crippen molar-refractivity contribution in [3.63, 3.8) is 0 Å². The molecule has 0 radical (unpaired) electrons. The number of benzene rings is 2. The smallest absolute Gasteiger partial charge is 0.251 e. The molecule has 3 rings (SSSR count). The van der Waals surface area contributed by atoms with E-state index < -0.39 is 17.8 Å². The van der Waals surface area contributed by atoms with Crippen molar-refractivity contribution in [3.8, 4) is 11.5 Å². The lowest BCUT2D eigenvalue weighted by atomic mass is 10.0. The molecule has 0 bridgehead atoms. The van der Waals surface area contributed by atoms with E-state index in [1.165, 1.54) is 24.3 Å². The first-order valence-corrected chi connectivity index (χ1v) is 9.66. The molecule has 2 aromatic rings. The van der Waals surface area contributed by atoms with Gasteiger partial charge in [-0.3, -0.25) is 9.59 Å². The van der Waals surface area contributed by atoms with E-state index in [4.69, 9.17) is 9.47 Å². The van der Waals surface area contributed by atoms with Crippen LogP contribution in [-0.4, -0.2) is 37.6 Å². The summed E-state index contributed by atoms with van der Waals surface area (Å²) in [4.78, 5) is 25.0. The van der Waals surface area contributed by atoms with Crippen molar-refractivity contribution in [2.24, 2.45) is 5.92 Å². The van der Waals surface area contributed by atoms with Crippen LogP contribution in [0.5, 0.6) is 11.5 Å². The fraction of sp³-hybridized carbons (Fsp3) is 0.364. The largest absolute Gasteiger partial charge is 0.486 e. The van der Waals surface area contributed by atoms with Gasteiger partial charge in [0, 0.05) is 12.1 Å². The van der Waals surface area contributed by atoms with E-state index in [0.29, 0.717) is 37.5 Å². The molecule has 0 spiro atoms. The van der Waals surface area contributed by atoms with Gasteiger partial charge >= 0.3 is 0 Å². The van der Waals surface area contributed by atoms with Crippen LogP contribution in [0.1, 0.15) is 29.8 Å². The third-order valence-electron chi connectivity index (χ3n) is 4.66. The zero-order valence-corrected chi connectivity index (χ0v) is 16.5. The fourth-order valence-electron chi connectivity index (χ4n) is 3.04. The van der Waals surface area contributed by atoms with E-state index >= 15 is 0 Å². The summed E-state index contributed by atoms with van der Waals surface area (Å²) in [7, 11) is 0. The second-order valence-electron chi connectivity index (χ2n) is 7.22. The standard InChI is InChI=1S/C22H25FN2O4/c1-14(2)20(25-21(26)16-4-6-17(23)7-5-16)22(27)24-10-9-15-3-8-18-19(13-15)29-12-11-28-18/h3-8,13-14,20H,9-12H2,1-2H3,(H,24,27)(H,25,26)/t20-/m1/s1. The zero-order chi connectivity index (χ0) is 20.8. The maximum absolute atomic E-state index is 13.0. The Morgan fingerprint density at radius 1 is 1.03 bits per heavy atom. The Balaban J connectivity index is 1.54. The van der Waals surface area contributed by atoms with Gasteiger partial charge in [0.05, 0.1) is 0 Å². The highest BCUT2D eigenvalue weighted by Crippen LogP contribution is 2.30. The van der Waals surface area contributed by atoms with Crippen LogP contribution < -0.4 is 20.1 Å². The Morgan fingerprint density at radius 3 is 2.41 bits per heavy atom. The third-order valence-corrected chi connectivity index (χ3v) is 4.66. The lowest BCUT2D eigenvalue weighted by molar-refractivity contribution is -0.123. The quantitative estimate of drug-likeness (QED) is 0.749. The molecule has 0 fully saturated rings. The molecule has 6 nitrogen and oxygen atoms in total. The molecule has 2 amide bonds. The predicted octanol–water partition coefficient (Wildman–Crippen LogP) is 2.71. The molecule has 7 heteroatoms. The first-order valence-electron chi connectivity index (χ1n) is 9.66. The molecule has 2 N–H and O–H groups in total. The molecular formula is C22H25FN2O4. The van der Waals surface area contributed by atoms with E-state index in [1.54, 1.807) is 0 Å². The maximum atomic E-state index is 13.0. The van der Waals surface area contributed by atoms with Crippen LogP contribution in [0.4, 0.5) is 4.39 Å². The van der Waals surface area contributed by atoms with Gasteiger partial charge in [0.25, 0.3) is 5.91 Å². The maximum Gasteiger partial charge on any atom is 0.251 e. The normalized spacial score (nSPS) is 13.7. The lowest BCUT2D eigenvalue weighted by Crippen LogP contribution is -2.50. The predicted molar refractivity (Wildman–Crippen MR) is 107 cm³/mol. The zero-order valence-electron chi connectivity index (χ0n) is 16.5. The van der Waals surface area contributed by atoms with Crippen LogP contribution in [0.15, 0.2) is 42.5 Å². The van der Waals surface area contributed by atoms with Gasteiger partial charge in [-0.25, -0.2) is 4.39 Å². The van der Waals surface area contributed by atoms with Gasteiger partial charge < -0.3 is 20.1 Å². The number of carbonyl (C=O) groups is 2. The Kier molecular flexibility index (Phi) is 6.69. The molecule has 0 saturated carbocycles. The number of nitrogens with one attached hydrogen (secondary N) is 2. The van der Waals surface area contributed by atoms with Crippen molar-refractivity contribution in [2.75, 3.05) is 19.8 Å². The van der Waals surface area contributed by atoms with Gasteiger partial charge in [0.2, 0.25) is 5.91 Å². The average molecular weight is 400 g/mol. The van der Waals surface area contributed by atoms with Gasteiger partial charge in [-0.2, -0.15) is 0 Å². The van der Waals surface area contributed by atoms with E-state index in [1.807, 2.05) is 32.0 Å². The SMILES string of the molecule is CC(C)[C@@H](NC(=O)c1ccc(F)cc1)C(=O)NCCc1ccc2c(c1)OCCO2. The molecule has 0 aromatic heterocycles. The molecule has 0 unspecified atom stereocenters. The summed E-state index contributed by atoms with van der Waals surface area (Å²) in [5.41, 5.74) is 1.33. The van der Waals surface area contributed by atoms with E-state index in [9.17, 15) is 14.0 Å². The van der Waals surface area contributed by atoms with Crippen molar-refractivity contribution in [3.05, 3.63) is 59.4 Å². The number of ether oxygens (including phenoxy) is 2. The van der Waals surface area contributed by atoms with Crippen molar-refractivity contribution < 1.29 is 23.5 Å². The van der Waals surface area contributed by atoms with Crippen LogP contribution in [0, 0.1) is 11.7 Å². The van der Waals surface area contributed by atoms with Crippen LogP contribution >= 0.6 is 0 Å². The average Bonchev–Trinajstić information content (AvgIpc) is 2.72. The number of halogens is 1.